The molecule has 2 N–H and O–H groups in total. The number of carbonyl (C=O) groups excluding carboxylic acids is 2. The molecule has 0 unspecified atom stereocenters. The fourth-order valence-electron chi connectivity index (χ4n) is 2.66. The molecule has 0 radical (unpaired) electrons. The summed E-state index contributed by atoms with van der Waals surface area (Å²) >= 11 is 6.08. The summed E-state index contributed by atoms with van der Waals surface area (Å²) in [6.45, 7) is 4.95. The second kappa shape index (κ2) is 8.83. The number of hydrogen-bond donors (Lipinski definition) is 2. The van der Waals surface area contributed by atoms with Gasteiger partial charge in [0, 0.05) is 19.6 Å². The molecule has 1 aromatic rings. The molecule has 2 rings (SSSR count). The minimum Gasteiger partial charge on any atom is -0.354 e. The molecule has 1 aliphatic heterocycles. The fourth-order valence-corrected chi connectivity index (χ4v) is 4.40. The molecule has 1 aromatic carbocycles. The number of benzene rings is 1. The molecule has 1 fully saturated rings. The zero-order valence-electron chi connectivity index (χ0n) is 14.9. The van der Waals surface area contributed by atoms with Gasteiger partial charge in [-0.2, -0.15) is 4.31 Å². The molecule has 7 nitrogen and oxygen atoms in total. The van der Waals surface area contributed by atoms with Gasteiger partial charge < -0.3 is 10.6 Å². The molecule has 0 spiro atoms. The van der Waals surface area contributed by atoms with Crippen LogP contribution in [0.3, 0.4) is 0 Å². The van der Waals surface area contributed by atoms with Crippen molar-refractivity contribution >= 4 is 33.4 Å². The largest absolute Gasteiger partial charge is 0.354 e. The van der Waals surface area contributed by atoms with Crippen LogP contribution in [0.1, 0.15) is 43.5 Å². The maximum absolute atomic E-state index is 12.7. The van der Waals surface area contributed by atoms with E-state index in [2.05, 4.69) is 10.6 Å². The van der Waals surface area contributed by atoms with E-state index in [-0.39, 0.29) is 21.4 Å². The van der Waals surface area contributed by atoms with Gasteiger partial charge in [-0.15, -0.1) is 0 Å². The Labute approximate surface area is 159 Å². The molecule has 0 aromatic heterocycles. The van der Waals surface area contributed by atoms with E-state index in [4.69, 9.17) is 11.6 Å². The van der Waals surface area contributed by atoms with Crippen molar-refractivity contribution in [3.8, 4) is 0 Å². The average Bonchev–Trinajstić information content (AvgIpc) is 3.15. The molecule has 1 saturated heterocycles. The number of hydrogen-bond acceptors (Lipinski definition) is 4. The second-order valence-electron chi connectivity index (χ2n) is 6.24. The smallest absolute Gasteiger partial charge is 0.253 e. The second-order valence-corrected chi connectivity index (χ2v) is 8.58. The molecular formula is C17H24ClN3O4S. The molecule has 26 heavy (non-hydrogen) atoms. The van der Waals surface area contributed by atoms with Crippen molar-refractivity contribution in [3.63, 3.8) is 0 Å². The third-order valence-corrected chi connectivity index (χ3v) is 6.40. The van der Waals surface area contributed by atoms with Crippen molar-refractivity contribution in [3.05, 3.63) is 28.8 Å². The highest BCUT2D eigenvalue weighted by Gasteiger charge is 2.28. The molecule has 9 heteroatoms. The maximum atomic E-state index is 12.7. The van der Waals surface area contributed by atoms with Gasteiger partial charge in [0.25, 0.3) is 5.91 Å². The lowest BCUT2D eigenvalue weighted by atomic mass is 10.2. The molecule has 144 valence electrons. The van der Waals surface area contributed by atoms with Crippen LogP contribution >= 0.6 is 11.6 Å². The van der Waals surface area contributed by atoms with Crippen LogP contribution in [0.4, 0.5) is 0 Å². The Morgan fingerprint density at radius 3 is 2.54 bits per heavy atom. The van der Waals surface area contributed by atoms with Crippen molar-refractivity contribution in [2.45, 2.75) is 44.0 Å². The number of sulfonamides is 1. The topological polar surface area (TPSA) is 95.6 Å². The summed E-state index contributed by atoms with van der Waals surface area (Å²) in [5.41, 5.74) is 0.0297. The van der Waals surface area contributed by atoms with E-state index in [1.165, 1.54) is 22.5 Å². The van der Waals surface area contributed by atoms with E-state index in [1.807, 2.05) is 6.92 Å². The number of nitrogens with zero attached hydrogens (tertiary/aromatic N) is 1. The van der Waals surface area contributed by atoms with Crippen molar-refractivity contribution in [2.75, 3.05) is 19.6 Å². The lowest BCUT2D eigenvalue weighted by Gasteiger charge is -2.17. The van der Waals surface area contributed by atoms with Crippen molar-refractivity contribution < 1.29 is 18.0 Å². The zero-order chi connectivity index (χ0) is 19.3. The molecule has 0 saturated carbocycles. The first-order chi connectivity index (χ1) is 12.3. The third kappa shape index (κ3) is 4.75. The van der Waals surface area contributed by atoms with E-state index in [0.717, 1.165) is 19.3 Å². The SMILES string of the molecule is CCCNC(=O)[C@@H](C)NC(=O)c1cc(S(=O)(=O)N2CCCC2)ccc1Cl. The Morgan fingerprint density at radius 1 is 1.27 bits per heavy atom. The van der Waals surface area contributed by atoms with Gasteiger partial charge in [0.1, 0.15) is 6.04 Å². The van der Waals surface area contributed by atoms with Crippen LogP contribution in [0.25, 0.3) is 0 Å². The van der Waals surface area contributed by atoms with E-state index in [9.17, 15) is 18.0 Å². The van der Waals surface area contributed by atoms with Crippen LogP contribution in [-0.4, -0.2) is 50.2 Å². The number of halogens is 1. The number of nitrogens with one attached hydrogen (secondary N) is 2. The third-order valence-electron chi connectivity index (χ3n) is 4.18. The van der Waals surface area contributed by atoms with Crippen LogP contribution in [0.15, 0.2) is 23.1 Å². The zero-order valence-corrected chi connectivity index (χ0v) is 16.5. The van der Waals surface area contributed by atoms with E-state index in [0.29, 0.717) is 19.6 Å². The molecule has 1 atom stereocenters. The van der Waals surface area contributed by atoms with Crippen molar-refractivity contribution in [2.24, 2.45) is 0 Å². The minimum absolute atomic E-state index is 0.0250. The van der Waals surface area contributed by atoms with Crippen LogP contribution < -0.4 is 10.6 Å². The summed E-state index contributed by atoms with van der Waals surface area (Å²) in [6, 6.07) is 3.29. The average molecular weight is 402 g/mol. The number of amides is 2. The molecule has 2 amide bonds. The quantitative estimate of drug-likeness (QED) is 0.727. The Bertz CT molecular complexity index is 776. The Kier molecular flexibility index (Phi) is 7.02. The van der Waals surface area contributed by atoms with Gasteiger partial charge in [0.2, 0.25) is 15.9 Å². The van der Waals surface area contributed by atoms with Crippen LogP contribution in [0.2, 0.25) is 5.02 Å². The Balaban J connectivity index is 2.18. The molecular weight excluding hydrogens is 378 g/mol. The summed E-state index contributed by atoms with van der Waals surface area (Å²) in [5, 5.41) is 5.37. The highest BCUT2D eigenvalue weighted by molar-refractivity contribution is 7.89. The monoisotopic (exact) mass is 401 g/mol. The van der Waals surface area contributed by atoms with E-state index in [1.54, 1.807) is 6.92 Å². The number of carbonyl (C=O) groups is 2. The normalized spacial score (nSPS) is 16.3. The summed E-state index contributed by atoms with van der Waals surface area (Å²) in [4.78, 5) is 24.4. The highest BCUT2D eigenvalue weighted by Crippen LogP contribution is 2.25. The minimum atomic E-state index is -3.65. The standard InChI is InChI=1S/C17H24ClN3O4S/c1-3-8-19-16(22)12(2)20-17(23)14-11-13(6-7-15(14)18)26(24,25)21-9-4-5-10-21/h6-7,11-12H,3-5,8-10H2,1-2H3,(H,19,22)(H,20,23)/t12-/m1/s1. The highest BCUT2D eigenvalue weighted by atomic mass is 35.5. The lowest BCUT2D eigenvalue weighted by molar-refractivity contribution is -0.122. The molecule has 0 bridgehead atoms. The summed E-state index contributed by atoms with van der Waals surface area (Å²) in [5.74, 6) is -0.898. The lowest BCUT2D eigenvalue weighted by Crippen LogP contribution is -2.45. The Hall–Kier alpha value is -1.64. The van der Waals surface area contributed by atoms with Gasteiger partial charge in [-0.3, -0.25) is 9.59 Å². The van der Waals surface area contributed by atoms with Gasteiger partial charge in [-0.1, -0.05) is 18.5 Å². The first-order valence-electron chi connectivity index (χ1n) is 8.65. The first kappa shape index (κ1) is 20.7. The van der Waals surface area contributed by atoms with Crippen molar-refractivity contribution in [1.29, 1.82) is 0 Å². The van der Waals surface area contributed by atoms with Gasteiger partial charge in [-0.25, -0.2) is 8.42 Å². The number of rotatable bonds is 7. The van der Waals surface area contributed by atoms with Gasteiger partial charge in [0.15, 0.2) is 0 Å². The van der Waals surface area contributed by atoms with E-state index < -0.39 is 22.0 Å². The molecule has 0 aliphatic carbocycles. The van der Waals surface area contributed by atoms with Crippen LogP contribution in [0, 0.1) is 0 Å². The predicted octanol–water partition coefficient (Wildman–Crippen LogP) is 1.77. The summed E-state index contributed by atoms with van der Waals surface area (Å²) in [7, 11) is -3.65. The van der Waals surface area contributed by atoms with Gasteiger partial charge in [0.05, 0.1) is 15.5 Å². The van der Waals surface area contributed by atoms with Gasteiger partial charge in [-0.05, 0) is 44.4 Å². The maximum Gasteiger partial charge on any atom is 0.253 e. The van der Waals surface area contributed by atoms with Crippen molar-refractivity contribution in [1.82, 2.24) is 14.9 Å². The summed E-state index contributed by atoms with van der Waals surface area (Å²) < 4.78 is 26.7. The molecule has 1 heterocycles. The predicted molar refractivity (Wildman–Crippen MR) is 99.7 cm³/mol. The first-order valence-corrected chi connectivity index (χ1v) is 10.5. The Morgan fingerprint density at radius 2 is 1.92 bits per heavy atom. The summed E-state index contributed by atoms with van der Waals surface area (Å²) in [6.07, 6.45) is 2.43. The van der Waals surface area contributed by atoms with Crippen LogP contribution in [0.5, 0.6) is 0 Å². The van der Waals surface area contributed by atoms with Crippen LogP contribution in [-0.2, 0) is 14.8 Å². The molecule has 1 aliphatic rings. The fraction of sp³-hybridized carbons (Fsp3) is 0.529. The van der Waals surface area contributed by atoms with E-state index >= 15 is 0 Å². The van der Waals surface area contributed by atoms with Gasteiger partial charge >= 0.3 is 0 Å².